The van der Waals surface area contributed by atoms with Gasteiger partial charge >= 0.3 is 0 Å². The Morgan fingerprint density at radius 2 is 2.38 bits per heavy atom. The third-order valence-corrected chi connectivity index (χ3v) is 2.90. The fraction of sp³-hybridized carbons (Fsp3) is 0.444. The van der Waals surface area contributed by atoms with Gasteiger partial charge in [-0.3, -0.25) is 0 Å². The van der Waals surface area contributed by atoms with Crippen LogP contribution in [0.2, 0.25) is 0 Å². The van der Waals surface area contributed by atoms with Gasteiger partial charge in [0.25, 0.3) is 0 Å². The molecule has 2 rings (SSSR count). The van der Waals surface area contributed by atoms with Crippen LogP contribution in [0.3, 0.4) is 0 Å². The number of nitriles is 1. The zero-order valence-corrected chi connectivity index (χ0v) is 8.15. The highest BCUT2D eigenvalue weighted by Crippen LogP contribution is 2.28. The van der Waals surface area contributed by atoms with E-state index in [1.165, 1.54) is 11.3 Å². The van der Waals surface area contributed by atoms with Gasteiger partial charge in [-0.1, -0.05) is 11.3 Å². The van der Waals surface area contributed by atoms with Gasteiger partial charge in [0, 0.05) is 13.1 Å². The second-order valence-electron chi connectivity index (χ2n) is 3.39. The van der Waals surface area contributed by atoms with Crippen LogP contribution in [0.4, 0.5) is 0 Å². The first-order valence-electron chi connectivity index (χ1n) is 4.12. The van der Waals surface area contributed by atoms with Crippen LogP contribution in [0.1, 0.15) is 11.8 Å². The summed E-state index contributed by atoms with van der Waals surface area (Å²) in [5.41, 5.74) is -0.0718. The molecule has 68 valence electrons. The smallest absolute Gasteiger partial charge is 0.175 e. The molecule has 0 atom stereocenters. The molecule has 2 heterocycles. The van der Waals surface area contributed by atoms with Crippen molar-refractivity contribution in [2.45, 2.75) is 12.5 Å². The van der Waals surface area contributed by atoms with Crippen LogP contribution in [-0.4, -0.2) is 18.7 Å². The maximum atomic E-state index is 8.61. The Kier molecular flexibility index (Phi) is 1.98. The van der Waals surface area contributed by atoms with Crippen molar-refractivity contribution in [3.05, 3.63) is 17.0 Å². The third kappa shape index (κ3) is 1.67. The van der Waals surface area contributed by atoms with Gasteiger partial charge in [0.2, 0.25) is 0 Å². The van der Waals surface area contributed by atoms with Crippen molar-refractivity contribution in [1.29, 1.82) is 5.26 Å². The number of hydrogen-bond donors (Lipinski definition) is 1. The zero-order chi connectivity index (χ0) is 9.31. The molecule has 0 saturated carbocycles. The monoisotopic (exact) mass is 194 g/mol. The number of thiophene rings is 1. The summed E-state index contributed by atoms with van der Waals surface area (Å²) < 4.78 is 5.73. The minimum absolute atomic E-state index is 0.0718. The average Bonchev–Trinajstić information content (AvgIpc) is 2.49. The van der Waals surface area contributed by atoms with E-state index in [-0.39, 0.29) is 5.60 Å². The lowest BCUT2D eigenvalue weighted by Gasteiger charge is -2.38. The van der Waals surface area contributed by atoms with Gasteiger partial charge in [-0.2, -0.15) is 5.26 Å². The van der Waals surface area contributed by atoms with E-state index in [0.717, 1.165) is 18.2 Å². The van der Waals surface area contributed by atoms with Crippen molar-refractivity contribution in [2.75, 3.05) is 13.1 Å². The Bertz CT molecular complexity index is 349. The highest BCUT2D eigenvalue weighted by molar-refractivity contribution is 7.14. The van der Waals surface area contributed by atoms with Gasteiger partial charge < -0.3 is 10.1 Å². The van der Waals surface area contributed by atoms with E-state index in [2.05, 4.69) is 18.3 Å². The van der Waals surface area contributed by atoms with Crippen LogP contribution in [-0.2, 0) is 0 Å². The van der Waals surface area contributed by atoms with Crippen LogP contribution < -0.4 is 10.1 Å². The molecule has 1 aliphatic rings. The number of rotatable bonds is 2. The lowest BCUT2D eigenvalue weighted by molar-refractivity contribution is 0.0386. The topological polar surface area (TPSA) is 45.0 Å². The van der Waals surface area contributed by atoms with Gasteiger partial charge in [-0.05, 0) is 19.1 Å². The normalized spacial score (nSPS) is 18.8. The van der Waals surface area contributed by atoms with Crippen LogP contribution in [0.25, 0.3) is 0 Å². The number of nitrogens with one attached hydrogen (secondary N) is 1. The summed E-state index contributed by atoms with van der Waals surface area (Å²) >= 11 is 1.40. The van der Waals surface area contributed by atoms with E-state index in [9.17, 15) is 0 Å². The molecule has 0 aromatic carbocycles. The molecule has 0 aliphatic carbocycles. The highest BCUT2D eigenvalue weighted by atomic mass is 32.1. The highest BCUT2D eigenvalue weighted by Gasteiger charge is 2.34. The minimum Gasteiger partial charge on any atom is -0.475 e. The van der Waals surface area contributed by atoms with Crippen molar-refractivity contribution < 1.29 is 4.74 Å². The molecule has 13 heavy (non-hydrogen) atoms. The largest absolute Gasteiger partial charge is 0.475 e. The van der Waals surface area contributed by atoms with Crippen LogP contribution in [0.15, 0.2) is 12.1 Å². The van der Waals surface area contributed by atoms with E-state index >= 15 is 0 Å². The van der Waals surface area contributed by atoms with E-state index in [4.69, 9.17) is 10.00 Å². The molecule has 0 spiro atoms. The summed E-state index contributed by atoms with van der Waals surface area (Å²) in [6, 6.07) is 5.73. The van der Waals surface area contributed by atoms with Gasteiger partial charge in [0.05, 0.1) is 0 Å². The number of hydrogen-bond acceptors (Lipinski definition) is 4. The molecule has 1 aromatic heterocycles. The van der Waals surface area contributed by atoms with Crippen LogP contribution in [0.5, 0.6) is 5.06 Å². The van der Waals surface area contributed by atoms with Crippen molar-refractivity contribution >= 4 is 11.3 Å². The van der Waals surface area contributed by atoms with Crippen molar-refractivity contribution in [2.24, 2.45) is 0 Å². The summed E-state index contributed by atoms with van der Waals surface area (Å²) in [5.74, 6) is 0. The Morgan fingerprint density at radius 3 is 2.85 bits per heavy atom. The van der Waals surface area contributed by atoms with E-state index in [1.807, 2.05) is 6.07 Å². The lowest BCUT2D eigenvalue weighted by atomic mass is 10.0. The Hall–Kier alpha value is -1.05. The molecule has 3 nitrogen and oxygen atoms in total. The predicted molar refractivity (Wildman–Crippen MR) is 50.9 cm³/mol. The van der Waals surface area contributed by atoms with Crippen LogP contribution in [0, 0.1) is 11.3 Å². The standard InChI is InChI=1S/C9H10N2OS/c1-9(5-11-6-9)12-8-3-2-7(4-10)13-8/h2-3,11H,5-6H2,1H3. The van der Waals surface area contributed by atoms with Crippen molar-refractivity contribution in [3.8, 4) is 11.1 Å². The summed E-state index contributed by atoms with van der Waals surface area (Å²) in [7, 11) is 0. The maximum absolute atomic E-state index is 8.61. The minimum atomic E-state index is -0.0718. The molecule has 1 aromatic rings. The summed E-state index contributed by atoms with van der Waals surface area (Å²) in [6.07, 6.45) is 0. The molecular weight excluding hydrogens is 184 g/mol. The van der Waals surface area contributed by atoms with Crippen molar-refractivity contribution in [3.63, 3.8) is 0 Å². The molecular formula is C9H10N2OS. The fourth-order valence-corrected chi connectivity index (χ4v) is 2.00. The van der Waals surface area contributed by atoms with Gasteiger partial charge in [0.15, 0.2) is 5.06 Å². The van der Waals surface area contributed by atoms with E-state index in [1.54, 1.807) is 6.07 Å². The third-order valence-electron chi connectivity index (χ3n) is 2.04. The number of ether oxygens (including phenoxy) is 1. The summed E-state index contributed by atoms with van der Waals surface area (Å²) in [5, 5.41) is 12.6. The molecule has 1 fully saturated rings. The van der Waals surface area contributed by atoms with Crippen molar-refractivity contribution in [1.82, 2.24) is 5.32 Å². The Morgan fingerprint density at radius 1 is 1.62 bits per heavy atom. The molecule has 1 aliphatic heterocycles. The van der Waals surface area contributed by atoms with Gasteiger partial charge in [0.1, 0.15) is 16.5 Å². The molecule has 0 unspecified atom stereocenters. The first-order valence-corrected chi connectivity index (χ1v) is 4.93. The first kappa shape index (κ1) is 8.54. The second-order valence-corrected chi connectivity index (χ2v) is 4.43. The SMILES string of the molecule is CC1(Oc2ccc(C#N)s2)CNC1. The molecule has 0 bridgehead atoms. The predicted octanol–water partition coefficient (Wildman–Crippen LogP) is 1.36. The van der Waals surface area contributed by atoms with Gasteiger partial charge in [-0.25, -0.2) is 0 Å². The van der Waals surface area contributed by atoms with Crippen LogP contribution >= 0.6 is 11.3 Å². The average molecular weight is 194 g/mol. The lowest BCUT2D eigenvalue weighted by Crippen LogP contribution is -2.60. The Balaban J connectivity index is 2.06. The van der Waals surface area contributed by atoms with E-state index in [0.29, 0.717) is 4.88 Å². The van der Waals surface area contributed by atoms with Gasteiger partial charge in [-0.15, -0.1) is 0 Å². The summed E-state index contributed by atoms with van der Waals surface area (Å²) in [6.45, 7) is 3.83. The zero-order valence-electron chi connectivity index (χ0n) is 7.33. The second kappa shape index (κ2) is 3.02. The Labute approximate surface area is 80.9 Å². The maximum Gasteiger partial charge on any atom is 0.175 e. The molecule has 4 heteroatoms. The number of nitrogens with zero attached hydrogens (tertiary/aromatic N) is 1. The summed E-state index contributed by atoms with van der Waals surface area (Å²) in [4.78, 5) is 0.700. The quantitative estimate of drug-likeness (QED) is 0.773. The van der Waals surface area contributed by atoms with E-state index < -0.39 is 0 Å². The molecule has 0 amide bonds. The molecule has 1 saturated heterocycles. The molecule has 0 radical (unpaired) electrons. The first-order chi connectivity index (χ1) is 6.22. The fourth-order valence-electron chi connectivity index (χ4n) is 1.23. The molecule has 1 N–H and O–H groups in total.